The van der Waals surface area contributed by atoms with Crippen molar-refractivity contribution in [3.8, 4) is 0 Å². The third-order valence-electron chi connectivity index (χ3n) is 2.24. The molecule has 4 nitrogen and oxygen atoms in total. The fourth-order valence-corrected chi connectivity index (χ4v) is 1.44. The van der Waals surface area contributed by atoms with Gasteiger partial charge >= 0.3 is 6.09 Å². The Bertz CT molecular complexity index is 518. The molecular formula is C15H18FNO3. The Morgan fingerprint density at radius 1 is 1.35 bits per heavy atom. The van der Waals surface area contributed by atoms with Crippen molar-refractivity contribution in [2.75, 3.05) is 6.54 Å². The Kier molecular flexibility index (Phi) is 5.43. The van der Waals surface area contributed by atoms with E-state index in [0.29, 0.717) is 11.8 Å². The molecule has 0 unspecified atom stereocenters. The first-order valence-electron chi connectivity index (χ1n) is 6.20. The van der Waals surface area contributed by atoms with Gasteiger partial charge in [-0.3, -0.25) is 4.79 Å². The molecule has 1 aromatic carbocycles. The highest BCUT2D eigenvalue weighted by molar-refractivity contribution is 5.81. The average Bonchev–Trinajstić information content (AvgIpc) is 2.33. The Balaban J connectivity index is 2.54. The first kappa shape index (κ1) is 15.9. The maximum Gasteiger partial charge on any atom is 0.407 e. The first-order chi connectivity index (χ1) is 9.31. The smallest absolute Gasteiger partial charge is 0.407 e. The minimum absolute atomic E-state index is 0.255. The lowest BCUT2D eigenvalue weighted by atomic mass is 10.1. The van der Waals surface area contributed by atoms with Crippen LogP contribution in [0.25, 0.3) is 6.08 Å². The van der Waals surface area contributed by atoms with Gasteiger partial charge in [0.1, 0.15) is 11.4 Å². The van der Waals surface area contributed by atoms with Crippen molar-refractivity contribution >= 4 is 18.5 Å². The van der Waals surface area contributed by atoms with Crippen molar-refractivity contribution in [3.05, 3.63) is 41.2 Å². The number of aldehydes is 1. The number of rotatable bonds is 4. The zero-order chi connectivity index (χ0) is 15.2. The van der Waals surface area contributed by atoms with Gasteiger partial charge in [-0.15, -0.1) is 0 Å². The molecule has 0 saturated carbocycles. The molecule has 0 aromatic heterocycles. The summed E-state index contributed by atoms with van der Waals surface area (Å²) in [4.78, 5) is 22.2. The summed E-state index contributed by atoms with van der Waals surface area (Å²) in [5, 5.41) is 2.55. The molecule has 0 aliphatic rings. The molecule has 20 heavy (non-hydrogen) atoms. The molecule has 0 spiro atoms. The lowest BCUT2D eigenvalue weighted by molar-refractivity contribution is 0.0534. The van der Waals surface area contributed by atoms with Crippen molar-refractivity contribution in [2.24, 2.45) is 0 Å². The van der Waals surface area contributed by atoms with Gasteiger partial charge in [-0.2, -0.15) is 0 Å². The molecule has 0 radical (unpaired) electrons. The van der Waals surface area contributed by atoms with Crippen LogP contribution in [-0.2, 0) is 4.74 Å². The average molecular weight is 279 g/mol. The quantitative estimate of drug-likeness (QED) is 0.861. The number of amides is 1. The highest BCUT2D eigenvalue weighted by Crippen LogP contribution is 2.11. The van der Waals surface area contributed by atoms with Gasteiger partial charge in [-0.1, -0.05) is 18.2 Å². The number of hydrogen-bond acceptors (Lipinski definition) is 3. The third kappa shape index (κ3) is 5.65. The monoisotopic (exact) mass is 279 g/mol. The van der Waals surface area contributed by atoms with Gasteiger partial charge in [0.2, 0.25) is 0 Å². The van der Waals surface area contributed by atoms with Crippen molar-refractivity contribution in [3.63, 3.8) is 0 Å². The van der Waals surface area contributed by atoms with E-state index in [-0.39, 0.29) is 12.1 Å². The summed E-state index contributed by atoms with van der Waals surface area (Å²) < 4.78 is 18.0. The fraction of sp³-hybridized carbons (Fsp3) is 0.333. The van der Waals surface area contributed by atoms with E-state index in [1.165, 1.54) is 12.1 Å². The highest BCUT2D eigenvalue weighted by atomic mass is 19.1. The molecule has 0 aliphatic heterocycles. The van der Waals surface area contributed by atoms with Gasteiger partial charge in [0.05, 0.1) is 0 Å². The molecule has 108 valence electrons. The maximum atomic E-state index is 12.9. The van der Waals surface area contributed by atoms with Crippen molar-refractivity contribution in [1.82, 2.24) is 5.32 Å². The normalized spacial score (nSPS) is 11.4. The molecule has 0 atom stereocenters. The zero-order valence-electron chi connectivity index (χ0n) is 11.8. The van der Waals surface area contributed by atoms with Crippen LogP contribution >= 0.6 is 0 Å². The van der Waals surface area contributed by atoms with Crippen molar-refractivity contribution in [2.45, 2.75) is 26.4 Å². The number of benzene rings is 1. The topological polar surface area (TPSA) is 55.4 Å². The predicted molar refractivity (Wildman–Crippen MR) is 75.1 cm³/mol. The Morgan fingerprint density at radius 3 is 2.65 bits per heavy atom. The van der Waals surface area contributed by atoms with E-state index in [1.807, 2.05) is 0 Å². The molecule has 0 saturated heterocycles. The number of halogens is 1. The van der Waals surface area contributed by atoms with Gasteiger partial charge in [0, 0.05) is 12.1 Å². The van der Waals surface area contributed by atoms with E-state index in [9.17, 15) is 14.0 Å². The minimum Gasteiger partial charge on any atom is -0.444 e. The largest absolute Gasteiger partial charge is 0.444 e. The summed E-state index contributed by atoms with van der Waals surface area (Å²) in [6, 6.07) is 3.94. The van der Waals surface area contributed by atoms with Crippen LogP contribution in [0.5, 0.6) is 0 Å². The summed E-state index contributed by atoms with van der Waals surface area (Å²) in [6.07, 6.45) is 3.37. The Morgan fingerprint density at radius 2 is 2.05 bits per heavy atom. The molecule has 1 amide bonds. The summed E-state index contributed by atoms with van der Waals surface area (Å²) in [7, 11) is 0. The van der Waals surface area contributed by atoms with Crippen LogP contribution in [-0.4, -0.2) is 24.5 Å². The van der Waals surface area contributed by atoms with E-state index >= 15 is 0 Å². The third-order valence-corrected chi connectivity index (χ3v) is 2.24. The standard InChI is InChI=1S/C15H18FNO3/c1-15(2,3)20-14(19)17-8-4-5-11-6-7-13(16)9-12(11)10-18/h4-7,9-10H,8H2,1-3H3,(H,17,19). The molecule has 0 bridgehead atoms. The van der Waals surface area contributed by atoms with Gasteiger partial charge in [-0.05, 0) is 38.5 Å². The maximum absolute atomic E-state index is 12.9. The zero-order valence-corrected chi connectivity index (χ0v) is 11.8. The Labute approximate surface area is 117 Å². The van der Waals surface area contributed by atoms with E-state index in [4.69, 9.17) is 4.74 Å². The molecule has 1 N–H and O–H groups in total. The molecule has 5 heteroatoms. The van der Waals surface area contributed by atoms with Gasteiger partial charge in [-0.25, -0.2) is 9.18 Å². The summed E-state index contributed by atoms with van der Waals surface area (Å²) >= 11 is 0. The summed E-state index contributed by atoms with van der Waals surface area (Å²) in [5.74, 6) is -0.462. The van der Waals surface area contributed by atoms with Crippen LogP contribution < -0.4 is 5.32 Å². The summed E-state index contributed by atoms with van der Waals surface area (Å²) in [5.41, 5.74) is 0.307. The molecule has 1 aromatic rings. The van der Waals surface area contributed by atoms with E-state index in [2.05, 4.69) is 5.32 Å². The lowest BCUT2D eigenvalue weighted by Gasteiger charge is -2.19. The minimum atomic E-state index is -0.546. The first-order valence-corrected chi connectivity index (χ1v) is 6.20. The molecule has 1 rings (SSSR count). The molecule has 0 fully saturated rings. The van der Waals surface area contributed by atoms with Crippen molar-refractivity contribution < 1.29 is 18.7 Å². The second-order valence-electron chi connectivity index (χ2n) is 5.18. The molecule has 0 aliphatic carbocycles. The molecular weight excluding hydrogens is 261 g/mol. The van der Waals surface area contributed by atoms with Crippen LogP contribution in [0.3, 0.4) is 0 Å². The summed E-state index contributed by atoms with van der Waals surface area (Å²) in [6.45, 7) is 5.58. The van der Waals surface area contributed by atoms with Crippen LogP contribution in [0.15, 0.2) is 24.3 Å². The second-order valence-corrected chi connectivity index (χ2v) is 5.18. The van der Waals surface area contributed by atoms with Crippen LogP contribution in [0.2, 0.25) is 0 Å². The van der Waals surface area contributed by atoms with E-state index < -0.39 is 17.5 Å². The number of carbonyl (C=O) groups is 2. The number of carbonyl (C=O) groups excluding carboxylic acids is 2. The van der Waals surface area contributed by atoms with Crippen molar-refractivity contribution in [1.29, 1.82) is 0 Å². The second kappa shape index (κ2) is 6.84. The number of hydrogen-bond donors (Lipinski definition) is 1. The fourth-order valence-electron chi connectivity index (χ4n) is 1.44. The SMILES string of the molecule is CC(C)(C)OC(=O)NCC=Cc1ccc(F)cc1C=O. The number of alkyl carbamates (subject to hydrolysis) is 1. The number of nitrogens with one attached hydrogen (secondary N) is 1. The van der Waals surface area contributed by atoms with E-state index in [1.54, 1.807) is 32.9 Å². The highest BCUT2D eigenvalue weighted by Gasteiger charge is 2.14. The van der Waals surface area contributed by atoms with Crippen LogP contribution in [0.1, 0.15) is 36.7 Å². The Hall–Kier alpha value is -2.17. The van der Waals surface area contributed by atoms with E-state index in [0.717, 1.165) is 6.07 Å². The number of ether oxygens (including phenoxy) is 1. The van der Waals surface area contributed by atoms with Gasteiger partial charge in [0.25, 0.3) is 0 Å². The molecule has 0 heterocycles. The lowest BCUT2D eigenvalue weighted by Crippen LogP contribution is -2.32. The van der Waals surface area contributed by atoms with Gasteiger partial charge in [0.15, 0.2) is 6.29 Å². The predicted octanol–water partition coefficient (Wildman–Crippen LogP) is 3.18. The van der Waals surface area contributed by atoms with Crippen LogP contribution in [0.4, 0.5) is 9.18 Å². The van der Waals surface area contributed by atoms with Crippen LogP contribution in [0, 0.1) is 5.82 Å². The van der Waals surface area contributed by atoms with Gasteiger partial charge < -0.3 is 10.1 Å².